The van der Waals surface area contributed by atoms with Gasteiger partial charge in [-0.15, -0.1) is 0 Å². The van der Waals surface area contributed by atoms with Gasteiger partial charge in [-0.2, -0.15) is 5.10 Å². The summed E-state index contributed by atoms with van der Waals surface area (Å²) in [5, 5.41) is 6.95. The highest BCUT2D eigenvalue weighted by Crippen LogP contribution is 2.23. The van der Waals surface area contributed by atoms with Gasteiger partial charge < -0.3 is 14.8 Å². The van der Waals surface area contributed by atoms with Crippen molar-refractivity contribution in [3.05, 3.63) is 96.1 Å². The largest absolute Gasteiger partial charge is 0.452 e. The molecule has 9 heteroatoms. The number of hydrogen-bond acceptors (Lipinski definition) is 6. The van der Waals surface area contributed by atoms with Gasteiger partial charge in [0.05, 0.1) is 11.4 Å². The molecule has 0 bridgehead atoms. The number of aryl methyl sites for hydroxylation is 1. The molecule has 0 fully saturated rings. The highest BCUT2D eigenvalue weighted by atomic mass is 19.1. The smallest absolute Gasteiger partial charge is 0.344 e. The van der Waals surface area contributed by atoms with E-state index in [1.165, 1.54) is 41.2 Å². The zero-order valence-corrected chi connectivity index (χ0v) is 17.6. The highest BCUT2D eigenvalue weighted by Gasteiger charge is 2.18. The van der Waals surface area contributed by atoms with Gasteiger partial charge >= 0.3 is 5.97 Å². The molecule has 2 aromatic carbocycles. The molecule has 2 aromatic heterocycles. The van der Waals surface area contributed by atoms with Gasteiger partial charge in [-0.1, -0.05) is 18.2 Å². The molecule has 4 rings (SSSR count). The van der Waals surface area contributed by atoms with E-state index in [1.54, 1.807) is 43.3 Å². The molecular weight excluding hydrogens is 427 g/mol. The van der Waals surface area contributed by atoms with Crippen LogP contribution in [0.5, 0.6) is 11.6 Å². The molecule has 166 valence electrons. The number of nitrogens with zero attached hydrogens (tertiary/aromatic N) is 3. The number of nitrogens with one attached hydrogen (secondary N) is 1. The van der Waals surface area contributed by atoms with Crippen LogP contribution >= 0.6 is 0 Å². The Balaban J connectivity index is 1.41. The number of benzene rings is 2. The van der Waals surface area contributed by atoms with Crippen LogP contribution in [0.25, 0.3) is 5.69 Å². The van der Waals surface area contributed by atoms with Crippen LogP contribution in [0.1, 0.15) is 16.1 Å². The van der Waals surface area contributed by atoms with Crippen LogP contribution < -0.4 is 10.1 Å². The fourth-order valence-corrected chi connectivity index (χ4v) is 2.98. The molecule has 0 atom stereocenters. The van der Waals surface area contributed by atoms with Crippen LogP contribution in [-0.4, -0.2) is 33.2 Å². The van der Waals surface area contributed by atoms with Crippen LogP contribution in [-0.2, 0) is 9.53 Å². The Morgan fingerprint density at radius 1 is 1.03 bits per heavy atom. The minimum atomic E-state index is -0.757. The second-order valence-corrected chi connectivity index (χ2v) is 6.95. The molecule has 2 heterocycles. The zero-order chi connectivity index (χ0) is 23.2. The lowest BCUT2D eigenvalue weighted by molar-refractivity contribution is -0.119. The Hall–Kier alpha value is -4.53. The van der Waals surface area contributed by atoms with Crippen LogP contribution in [0.3, 0.4) is 0 Å². The number of hydrogen-bond donors (Lipinski definition) is 1. The summed E-state index contributed by atoms with van der Waals surface area (Å²) in [5.74, 6) is -0.777. The number of carbonyl (C=O) groups excluding carboxylic acids is 2. The van der Waals surface area contributed by atoms with Crippen molar-refractivity contribution < 1.29 is 23.5 Å². The second kappa shape index (κ2) is 9.73. The number of ether oxygens (including phenoxy) is 2. The fraction of sp³-hybridized carbons (Fsp3) is 0.0833. The number of carbonyl (C=O) groups is 2. The van der Waals surface area contributed by atoms with E-state index in [4.69, 9.17) is 9.47 Å². The average molecular weight is 446 g/mol. The maximum absolute atomic E-state index is 13.2. The van der Waals surface area contributed by atoms with E-state index in [2.05, 4.69) is 15.4 Å². The van der Waals surface area contributed by atoms with Crippen molar-refractivity contribution in [2.24, 2.45) is 0 Å². The Morgan fingerprint density at radius 2 is 1.79 bits per heavy atom. The molecule has 0 saturated heterocycles. The van der Waals surface area contributed by atoms with Crippen LogP contribution in [0.2, 0.25) is 0 Å². The van der Waals surface area contributed by atoms with Crippen LogP contribution in [0.4, 0.5) is 10.2 Å². The van der Waals surface area contributed by atoms with E-state index in [0.29, 0.717) is 22.9 Å². The summed E-state index contributed by atoms with van der Waals surface area (Å²) in [6, 6.07) is 19.2. The van der Waals surface area contributed by atoms with Crippen molar-refractivity contribution in [2.45, 2.75) is 6.92 Å². The standard InChI is InChI=1S/C24H19FN4O4/c1-16-14-21(29(28-16)18-11-9-17(25)10-12-18)27-22(30)15-32-24(31)20-8-5-13-26-23(20)33-19-6-3-2-4-7-19/h2-14H,15H2,1H3,(H,27,30). The lowest BCUT2D eigenvalue weighted by Gasteiger charge is -2.11. The predicted octanol–water partition coefficient (Wildman–Crippen LogP) is 4.30. The van der Waals surface area contributed by atoms with Gasteiger partial charge in [0.2, 0.25) is 5.88 Å². The van der Waals surface area contributed by atoms with Gasteiger partial charge in [-0.3, -0.25) is 4.79 Å². The minimum Gasteiger partial charge on any atom is -0.452 e. The van der Waals surface area contributed by atoms with Crippen LogP contribution in [0.15, 0.2) is 79.0 Å². The number of anilines is 1. The lowest BCUT2D eigenvalue weighted by atomic mass is 10.2. The number of halogens is 1. The van der Waals surface area contributed by atoms with Crippen molar-refractivity contribution in [1.82, 2.24) is 14.8 Å². The third-order valence-electron chi connectivity index (χ3n) is 4.45. The molecule has 0 aliphatic carbocycles. The molecule has 0 saturated carbocycles. The maximum Gasteiger partial charge on any atom is 0.344 e. The maximum atomic E-state index is 13.2. The fourth-order valence-electron chi connectivity index (χ4n) is 2.98. The first-order valence-corrected chi connectivity index (χ1v) is 9.97. The third kappa shape index (κ3) is 5.40. The van der Waals surface area contributed by atoms with E-state index in [0.717, 1.165) is 0 Å². The van der Waals surface area contributed by atoms with Gasteiger partial charge in [0.25, 0.3) is 5.91 Å². The molecule has 4 aromatic rings. The monoisotopic (exact) mass is 446 g/mol. The summed E-state index contributed by atoms with van der Waals surface area (Å²) in [5.41, 5.74) is 1.29. The third-order valence-corrected chi connectivity index (χ3v) is 4.45. The summed E-state index contributed by atoms with van der Waals surface area (Å²) in [6.45, 7) is 1.22. The number of aromatic nitrogens is 3. The lowest BCUT2D eigenvalue weighted by Crippen LogP contribution is -2.22. The van der Waals surface area contributed by atoms with E-state index in [-0.39, 0.29) is 17.3 Å². The number of rotatable bonds is 7. The summed E-state index contributed by atoms with van der Waals surface area (Å²) in [7, 11) is 0. The second-order valence-electron chi connectivity index (χ2n) is 6.95. The predicted molar refractivity (Wildman–Crippen MR) is 118 cm³/mol. The number of esters is 1. The van der Waals surface area contributed by atoms with Crippen molar-refractivity contribution in [3.8, 4) is 17.3 Å². The Labute approximate surface area is 188 Å². The number of para-hydroxylation sites is 1. The highest BCUT2D eigenvalue weighted by molar-refractivity contribution is 5.96. The molecule has 0 aliphatic heterocycles. The average Bonchev–Trinajstić information content (AvgIpc) is 3.18. The molecule has 0 spiro atoms. The Morgan fingerprint density at radius 3 is 2.55 bits per heavy atom. The molecular formula is C24H19FN4O4. The molecule has 0 radical (unpaired) electrons. The first-order valence-electron chi connectivity index (χ1n) is 9.97. The molecule has 1 N–H and O–H groups in total. The quantitative estimate of drug-likeness (QED) is 0.425. The summed E-state index contributed by atoms with van der Waals surface area (Å²) in [6.07, 6.45) is 1.49. The van der Waals surface area contributed by atoms with Crippen molar-refractivity contribution >= 4 is 17.7 Å². The van der Waals surface area contributed by atoms with Gasteiger partial charge in [0.15, 0.2) is 6.61 Å². The van der Waals surface area contributed by atoms with E-state index in [9.17, 15) is 14.0 Å². The van der Waals surface area contributed by atoms with Gasteiger partial charge in [0, 0.05) is 12.3 Å². The molecule has 33 heavy (non-hydrogen) atoms. The SMILES string of the molecule is Cc1cc(NC(=O)COC(=O)c2cccnc2Oc2ccccc2)n(-c2ccc(F)cc2)n1. The van der Waals surface area contributed by atoms with E-state index >= 15 is 0 Å². The van der Waals surface area contributed by atoms with Gasteiger partial charge in [0.1, 0.15) is 22.9 Å². The van der Waals surface area contributed by atoms with E-state index < -0.39 is 18.5 Å². The minimum absolute atomic E-state index is 0.0686. The van der Waals surface area contributed by atoms with Crippen molar-refractivity contribution in [3.63, 3.8) is 0 Å². The Bertz CT molecular complexity index is 1270. The Kier molecular flexibility index (Phi) is 6.40. The van der Waals surface area contributed by atoms with Gasteiger partial charge in [-0.05, 0) is 55.5 Å². The van der Waals surface area contributed by atoms with E-state index in [1.807, 2.05) is 6.07 Å². The van der Waals surface area contributed by atoms with Gasteiger partial charge in [-0.25, -0.2) is 18.9 Å². The molecule has 0 unspecified atom stereocenters. The number of amides is 1. The molecule has 8 nitrogen and oxygen atoms in total. The number of pyridine rings is 1. The topological polar surface area (TPSA) is 95.3 Å². The van der Waals surface area contributed by atoms with Crippen molar-refractivity contribution in [2.75, 3.05) is 11.9 Å². The zero-order valence-electron chi connectivity index (χ0n) is 17.6. The summed E-state index contributed by atoms with van der Waals surface area (Å²) >= 11 is 0. The summed E-state index contributed by atoms with van der Waals surface area (Å²) in [4.78, 5) is 29.1. The first-order chi connectivity index (χ1) is 16.0. The normalized spacial score (nSPS) is 10.5. The van der Waals surface area contributed by atoms with Crippen molar-refractivity contribution in [1.29, 1.82) is 0 Å². The first kappa shape index (κ1) is 21.7. The summed E-state index contributed by atoms with van der Waals surface area (Å²) < 4.78 is 25.5. The van der Waals surface area contributed by atoms with Crippen LogP contribution in [0, 0.1) is 12.7 Å². The molecule has 0 aliphatic rings. The molecule has 1 amide bonds.